The number of rotatable bonds is 10. The van der Waals surface area contributed by atoms with Crippen molar-refractivity contribution in [1.29, 1.82) is 0 Å². The Morgan fingerprint density at radius 3 is 2.08 bits per heavy atom. The minimum atomic E-state index is -0.977. The van der Waals surface area contributed by atoms with Gasteiger partial charge < -0.3 is 29.7 Å². The minimum absolute atomic E-state index is 0.0197. The van der Waals surface area contributed by atoms with Gasteiger partial charge in [-0.15, -0.1) is 0 Å². The highest BCUT2D eigenvalue weighted by molar-refractivity contribution is 6.05. The maximum absolute atomic E-state index is 13.3. The van der Waals surface area contributed by atoms with Crippen LogP contribution in [-0.2, 0) is 21.6 Å². The fraction of sp³-hybridized carbons (Fsp3) is 0.300. The number of nitrogens with one attached hydrogen (secondary N) is 1. The third-order valence-electron chi connectivity index (χ3n) is 6.16. The number of carbonyl (C=O) groups is 3. The fourth-order valence-electron chi connectivity index (χ4n) is 3.78. The second kappa shape index (κ2) is 12.9. The summed E-state index contributed by atoms with van der Waals surface area (Å²) in [6.07, 6.45) is -0.486. The Hall–Kier alpha value is -4.37. The molecule has 0 saturated carbocycles. The summed E-state index contributed by atoms with van der Waals surface area (Å²) in [7, 11) is 5.18. The second-order valence-corrected chi connectivity index (χ2v) is 9.84. The Morgan fingerprint density at radius 2 is 1.49 bits per heavy atom. The highest BCUT2D eigenvalue weighted by atomic mass is 16.6. The molecule has 0 aromatic heterocycles. The van der Waals surface area contributed by atoms with Gasteiger partial charge in [-0.2, -0.15) is 0 Å². The smallest absolute Gasteiger partial charge is 0.410 e. The standard InChI is InChI=1S/C30H35N3O6/c1-30(2,24-16-14-22(15-17-24)27(35)31-25-8-6-7-9-26(25)34)39-29(37)33(19-18-32(3)4)20-21-10-12-23(13-11-21)28(36)38-5/h6-17,34H,18-20H2,1-5H3,(H,31,35). The molecule has 0 fully saturated rings. The van der Waals surface area contributed by atoms with E-state index in [1.54, 1.807) is 85.5 Å². The van der Waals surface area contributed by atoms with E-state index in [2.05, 4.69) is 5.32 Å². The fourth-order valence-corrected chi connectivity index (χ4v) is 3.78. The van der Waals surface area contributed by atoms with Crippen LogP contribution in [0.5, 0.6) is 5.75 Å². The van der Waals surface area contributed by atoms with Gasteiger partial charge in [0.1, 0.15) is 11.4 Å². The van der Waals surface area contributed by atoms with E-state index in [1.807, 2.05) is 19.0 Å². The summed E-state index contributed by atoms with van der Waals surface area (Å²) < 4.78 is 10.7. The van der Waals surface area contributed by atoms with Gasteiger partial charge in [0.15, 0.2) is 0 Å². The van der Waals surface area contributed by atoms with Crippen molar-refractivity contribution < 1.29 is 29.0 Å². The molecule has 3 aromatic carbocycles. The average Bonchev–Trinajstić information content (AvgIpc) is 2.91. The Kier molecular flexibility index (Phi) is 9.68. The third kappa shape index (κ3) is 8.05. The van der Waals surface area contributed by atoms with Crippen molar-refractivity contribution in [2.45, 2.75) is 26.0 Å². The molecule has 0 saturated heterocycles. The van der Waals surface area contributed by atoms with Crippen LogP contribution in [0.15, 0.2) is 72.8 Å². The third-order valence-corrected chi connectivity index (χ3v) is 6.16. The highest BCUT2D eigenvalue weighted by Gasteiger charge is 2.29. The van der Waals surface area contributed by atoms with Crippen LogP contribution in [-0.4, -0.2) is 67.2 Å². The van der Waals surface area contributed by atoms with Crippen molar-refractivity contribution in [1.82, 2.24) is 9.80 Å². The molecule has 0 bridgehead atoms. The van der Waals surface area contributed by atoms with Crippen molar-refractivity contribution in [2.75, 3.05) is 39.6 Å². The van der Waals surface area contributed by atoms with E-state index in [1.165, 1.54) is 13.2 Å². The molecule has 206 valence electrons. The molecule has 0 atom stereocenters. The number of carbonyl (C=O) groups excluding carboxylic acids is 3. The molecule has 0 radical (unpaired) electrons. The van der Waals surface area contributed by atoms with E-state index in [0.29, 0.717) is 42.0 Å². The number of hydrogen-bond donors (Lipinski definition) is 2. The molecule has 0 aliphatic heterocycles. The Balaban J connectivity index is 1.70. The summed E-state index contributed by atoms with van der Waals surface area (Å²) in [6, 6.07) is 20.2. The number of phenolic OH excluding ortho intramolecular Hbond substituents is 1. The van der Waals surface area contributed by atoms with Crippen LogP contribution in [0.2, 0.25) is 0 Å². The van der Waals surface area contributed by atoms with Gasteiger partial charge in [-0.05, 0) is 75.5 Å². The first-order valence-corrected chi connectivity index (χ1v) is 12.5. The summed E-state index contributed by atoms with van der Waals surface area (Å²) in [6.45, 7) is 4.95. The zero-order chi connectivity index (χ0) is 28.6. The molecule has 2 N–H and O–H groups in total. The monoisotopic (exact) mass is 533 g/mol. The number of hydrogen-bond acceptors (Lipinski definition) is 7. The molecule has 39 heavy (non-hydrogen) atoms. The maximum atomic E-state index is 13.3. The first-order valence-electron chi connectivity index (χ1n) is 12.5. The van der Waals surface area contributed by atoms with Crippen molar-refractivity contribution in [2.24, 2.45) is 0 Å². The normalized spacial score (nSPS) is 11.1. The van der Waals surface area contributed by atoms with Gasteiger partial charge in [-0.25, -0.2) is 9.59 Å². The maximum Gasteiger partial charge on any atom is 0.410 e. The van der Waals surface area contributed by atoms with Gasteiger partial charge in [0, 0.05) is 25.2 Å². The van der Waals surface area contributed by atoms with Gasteiger partial charge in [-0.3, -0.25) is 4.79 Å². The number of para-hydroxylation sites is 2. The summed E-state index contributed by atoms with van der Waals surface area (Å²) in [5.74, 6) is -0.812. The van der Waals surface area contributed by atoms with Crippen LogP contribution in [0, 0.1) is 0 Å². The number of aromatic hydroxyl groups is 1. The zero-order valence-corrected chi connectivity index (χ0v) is 22.9. The minimum Gasteiger partial charge on any atom is -0.506 e. The molecule has 9 nitrogen and oxygen atoms in total. The van der Waals surface area contributed by atoms with Crippen LogP contribution in [0.4, 0.5) is 10.5 Å². The van der Waals surface area contributed by atoms with E-state index in [9.17, 15) is 19.5 Å². The van der Waals surface area contributed by atoms with E-state index in [4.69, 9.17) is 9.47 Å². The van der Waals surface area contributed by atoms with Gasteiger partial charge in [0.25, 0.3) is 5.91 Å². The SMILES string of the molecule is COC(=O)c1ccc(CN(CCN(C)C)C(=O)OC(C)(C)c2ccc(C(=O)Nc3ccccc3O)cc2)cc1. The molecule has 3 aromatic rings. The second-order valence-electron chi connectivity index (χ2n) is 9.84. The molecular formula is C30H35N3O6. The summed E-state index contributed by atoms with van der Waals surface area (Å²) >= 11 is 0. The molecular weight excluding hydrogens is 498 g/mol. The molecule has 0 aliphatic carbocycles. The predicted molar refractivity (Wildman–Crippen MR) is 149 cm³/mol. The lowest BCUT2D eigenvalue weighted by Gasteiger charge is -2.31. The first kappa shape index (κ1) is 29.2. The Labute approximate surface area is 229 Å². The van der Waals surface area contributed by atoms with Gasteiger partial charge in [0.2, 0.25) is 0 Å². The van der Waals surface area contributed by atoms with E-state index in [-0.39, 0.29) is 11.7 Å². The Morgan fingerprint density at radius 1 is 0.872 bits per heavy atom. The first-order chi connectivity index (χ1) is 18.5. The lowest BCUT2D eigenvalue weighted by atomic mass is 9.97. The molecule has 2 amide bonds. The van der Waals surface area contributed by atoms with Crippen LogP contribution in [0.1, 0.15) is 45.7 Å². The van der Waals surface area contributed by atoms with Crippen LogP contribution in [0.3, 0.4) is 0 Å². The Bertz CT molecular complexity index is 1290. The zero-order valence-electron chi connectivity index (χ0n) is 22.9. The topological polar surface area (TPSA) is 108 Å². The van der Waals surface area contributed by atoms with Crippen LogP contribution >= 0.6 is 0 Å². The van der Waals surface area contributed by atoms with Crippen molar-refractivity contribution in [3.63, 3.8) is 0 Å². The molecule has 0 heterocycles. The molecule has 0 unspecified atom stereocenters. The summed E-state index contributed by atoms with van der Waals surface area (Å²) in [5.41, 5.74) is 1.73. The predicted octanol–water partition coefficient (Wildman–Crippen LogP) is 4.87. The largest absolute Gasteiger partial charge is 0.506 e. The molecule has 9 heteroatoms. The number of phenols is 1. The van der Waals surface area contributed by atoms with Crippen molar-refractivity contribution in [3.8, 4) is 5.75 Å². The van der Waals surface area contributed by atoms with Crippen molar-refractivity contribution >= 4 is 23.7 Å². The quantitative estimate of drug-likeness (QED) is 0.283. The van der Waals surface area contributed by atoms with E-state index >= 15 is 0 Å². The average molecular weight is 534 g/mol. The number of nitrogens with zero attached hydrogens (tertiary/aromatic N) is 2. The number of ether oxygens (including phenoxy) is 2. The van der Waals surface area contributed by atoms with Crippen molar-refractivity contribution in [3.05, 3.63) is 95.1 Å². The number of methoxy groups -OCH3 is 1. The highest BCUT2D eigenvalue weighted by Crippen LogP contribution is 2.27. The molecule has 0 spiro atoms. The lowest BCUT2D eigenvalue weighted by molar-refractivity contribution is 0.00840. The number of esters is 1. The van der Waals surface area contributed by atoms with E-state index in [0.717, 1.165) is 5.56 Å². The van der Waals surface area contributed by atoms with Crippen LogP contribution in [0.25, 0.3) is 0 Å². The lowest BCUT2D eigenvalue weighted by Crippen LogP contribution is -2.40. The summed E-state index contributed by atoms with van der Waals surface area (Å²) in [4.78, 5) is 41.3. The number of amides is 2. The van der Waals surface area contributed by atoms with Crippen LogP contribution < -0.4 is 5.32 Å². The number of anilines is 1. The van der Waals surface area contributed by atoms with Gasteiger partial charge in [-0.1, -0.05) is 36.4 Å². The van der Waals surface area contributed by atoms with E-state index < -0.39 is 17.7 Å². The number of benzene rings is 3. The molecule has 3 rings (SSSR count). The molecule has 0 aliphatic rings. The summed E-state index contributed by atoms with van der Waals surface area (Å²) in [5, 5.41) is 12.6. The number of likely N-dealkylation sites (N-methyl/N-ethyl adjacent to an activating group) is 1. The van der Waals surface area contributed by atoms with Gasteiger partial charge in [0.05, 0.1) is 18.4 Å². The van der Waals surface area contributed by atoms with Gasteiger partial charge >= 0.3 is 12.1 Å².